The number of aliphatic imine (C=N–C) groups is 1. The van der Waals surface area contributed by atoms with Crippen molar-refractivity contribution in [1.82, 2.24) is 36.8 Å². The van der Waals surface area contributed by atoms with Gasteiger partial charge in [-0.05, 0) is 57.2 Å². The molecule has 6 amide bonds. The van der Waals surface area contributed by atoms with Gasteiger partial charge in [-0.3, -0.25) is 19.3 Å². The van der Waals surface area contributed by atoms with E-state index < -0.39 is 71.1 Å². The van der Waals surface area contributed by atoms with Crippen LogP contribution in [0.1, 0.15) is 81.7 Å². The van der Waals surface area contributed by atoms with Gasteiger partial charge in [-0.25, -0.2) is 18.4 Å². The normalized spacial score (nSPS) is 13.5. The minimum absolute atomic E-state index is 0.0320. The number of urea groups is 1. The van der Waals surface area contributed by atoms with Crippen molar-refractivity contribution < 1.29 is 47.3 Å². The molecule has 3 aromatic carbocycles. The lowest BCUT2D eigenvalue weighted by atomic mass is 10.0. The predicted octanol–water partition coefficient (Wildman–Crippen LogP) is 3.74. The fourth-order valence-corrected chi connectivity index (χ4v) is 6.44. The van der Waals surface area contributed by atoms with Gasteiger partial charge in [0.15, 0.2) is 5.96 Å². The molecule has 1 aliphatic rings. The van der Waals surface area contributed by atoms with Crippen LogP contribution in [0.4, 0.5) is 18.4 Å². The molecule has 62 heavy (non-hydrogen) atoms. The van der Waals surface area contributed by atoms with Crippen LogP contribution >= 0.6 is 0 Å². The number of ether oxygens (including phenoxy) is 2. The van der Waals surface area contributed by atoms with E-state index in [4.69, 9.17) is 15.2 Å². The van der Waals surface area contributed by atoms with Crippen molar-refractivity contribution in [2.45, 2.75) is 90.7 Å². The summed E-state index contributed by atoms with van der Waals surface area (Å²) in [6.45, 7) is 8.31. The topological polar surface area (TPSA) is 238 Å². The molecule has 9 N–H and O–H groups in total. The fourth-order valence-electron chi connectivity index (χ4n) is 6.44. The zero-order chi connectivity index (χ0) is 45.2. The number of nitrogens with zero attached hydrogens (tertiary/aromatic N) is 2. The standard InChI is InChI=1S/C43H57F2N9O8/c1-5-36(56)47-19-20-49-41(59)53-40(46)48-17-10-15-34(38(57)51-24-30-32(44)22-29(55)23-33(30)45)52-39(58)37(27-12-7-6-8-13-27)54-25-28-14-9-16-35(31(28)26-54)61-21-11-18-50-42(60)62-43(2,3)4/h6-9,12-14,16,22-23,34,37,55H,5,10-11,15,17-21,24-26H2,1-4H3,(H,47,56)(H,50,60)(H,51,57)(H,52,58)(H4,46,48,49,53,59)/t34-,37+/m1/s1. The van der Waals surface area contributed by atoms with E-state index in [1.54, 1.807) is 52.0 Å². The highest BCUT2D eigenvalue weighted by molar-refractivity contribution is 5.92. The molecule has 3 aromatic rings. The van der Waals surface area contributed by atoms with Gasteiger partial charge in [-0.2, -0.15) is 4.99 Å². The lowest BCUT2D eigenvalue weighted by molar-refractivity contribution is -0.132. The van der Waals surface area contributed by atoms with Crippen molar-refractivity contribution >= 4 is 35.8 Å². The van der Waals surface area contributed by atoms with Gasteiger partial charge >= 0.3 is 12.1 Å². The van der Waals surface area contributed by atoms with Gasteiger partial charge < -0.3 is 52.2 Å². The molecule has 17 nitrogen and oxygen atoms in total. The maximum absolute atomic E-state index is 14.6. The van der Waals surface area contributed by atoms with Gasteiger partial charge in [0.05, 0.1) is 6.61 Å². The summed E-state index contributed by atoms with van der Waals surface area (Å²) in [5.74, 6) is -3.71. The van der Waals surface area contributed by atoms with Gasteiger partial charge in [-0.1, -0.05) is 49.4 Å². The summed E-state index contributed by atoms with van der Waals surface area (Å²) in [5, 5.41) is 25.6. The van der Waals surface area contributed by atoms with Crippen molar-refractivity contribution in [1.29, 1.82) is 0 Å². The number of carbonyl (C=O) groups is 5. The molecular weight excluding hydrogens is 809 g/mol. The molecule has 0 saturated carbocycles. The van der Waals surface area contributed by atoms with Crippen LogP contribution in [-0.2, 0) is 38.8 Å². The summed E-state index contributed by atoms with van der Waals surface area (Å²) in [5.41, 5.74) is 7.27. The van der Waals surface area contributed by atoms with Crippen molar-refractivity contribution in [3.8, 4) is 11.5 Å². The summed E-state index contributed by atoms with van der Waals surface area (Å²) in [6, 6.07) is 13.3. The highest BCUT2D eigenvalue weighted by atomic mass is 19.1. The van der Waals surface area contributed by atoms with E-state index >= 15 is 0 Å². The van der Waals surface area contributed by atoms with Gasteiger partial charge in [0, 0.05) is 75.5 Å². The first-order valence-electron chi connectivity index (χ1n) is 20.4. The summed E-state index contributed by atoms with van der Waals surface area (Å²) >= 11 is 0. The SMILES string of the molecule is CCC(=O)NCCNC(=O)/N=C(/N)NCCC[C@@H](NC(=O)[C@H](c1ccccc1)N1Cc2cccc(OCCCNC(=O)OC(C)(C)C)c2C1)C(=O)NCc1c(F)cc(O)cc1F. The summed E-state index contributed by atoms with van der Waals surface area (Å²) in [6.07, 6.45) is 0.565. The molecule has 0 fully saturated rings. The number of aromatic hydroxyl groups is 1. The number of amides is 6. The molecule has 0 aromatic heterocycles. The Morgan fingerprint density at radius 1 is 0.855 bits per heavy atom. The fraction of sp³-hybridized carbons (Fsp3) is 0.442. The number of fused-ring (bicyclic) bond motifs is 1. The van der Waals surface area contributed by atoms with E-state index in [0.29, 0.717) is 50.4 Å². The van der Waals surface area contributed by atoms with Crippen molar-refractivity contribution in [3.63, 3.8) is 0 Å². The Hall–Kier alpha value is -6.50. The van der Waals surface area contributed by atoms with E-state index in [9.17, 15) is 37.9 Å². The summed E-state index contributed by atoms with van der Waals surface area (Å²) in [7, 11) is 0. The van der Waals surface area contributed by atoms with E-state index in [2.05, 4.69) is 36.9 Å². The van der Waals surface area contributed by atoms with Crippen molar-refractivity contribution in [3.05, 3.63) is 94.6 Å². The molecule has 0 saturated heterocycles. The second-order valence-electron chi connectivity index (χ2n) is 15.4. The molecule has 0 bridgehead atoms. The van der Waals surface area contributed by atoms with E-state index in [1.165, 1.54) is 0 Å². The highest BCUT2D eigenvalue weighted by Crippen LogP contribution is 2.36. The molecule has 0 spiro atoms. The smallest absolute Gasteiger partial charge is 0.407 e. The molecule has 336 valence electrons. The Bertz CT molecular complexity index is 2030. The Labute approximate surface area is 359 Å². The first-order valence-corrected chi connectivity index (χ1v) is 20.4. The van der Waals surface area contributed by atoms with Crippen molar-refractivity contribution in [2.75, 3.05) is 32.8 Å². The Kier molecular flexibility index (Phi) is 18.2. The number of halogens is 2. The van der Waals surface area contributed by atoms with Crippen LogP contribution in [0, 0.1) is 11.6 Å². The molecule has 1 aliphatic heterocycles. The molecule has 0 radical (unpaired) electrons. The lowest BCUT2D eigenvalue weighted by Gasteiger charge is -2.29. The molecule has 1 heterocycles. The summed E-state index contributed by atoms with van der Waals surface area (Å²) < 4.78 is 40.6. The Morgan fingerprint density at radius 3 is 2.24 bits per heavy atom. The first-order chi connectivity index (χ1) is 29.5. The number of carbonyl (C=O) groups excluding carboxylic acids is 5. The largest absolute Gasteiger partial charge is 0.508 e. The zero-order valence-electron chi connectivity index (χ0n) is 35.4. The monoisotopic (exact) mass is 865 g/mol. The number of phenolic OH excluding ortho intramolecular Hbond substituents is 1. The average molecular weight is 866 g/mol. The van der Waals surface area contributed by atoms with Crippen LogP contribution in [0.5, 0.6) is 11.5 Å². The van der Waals surface area contributed by atoms with Crippen molar-refractivity contribution in [2.24, 2.45) is 10.7 Å². The second-order valence-corrected chi connectivity index (χ2v) is 15.4. The maximum Gasteiger partial charge on any atom is 0.407 e. The number of hydrogen-bond acceptors (Lipinski definition) is 9. The molecule has 0 aliphatic carbocycles. The van der Waals surface area contributed by atoms with Gasteiger partial charge in [0.2, 0.25) is 17.7 Å². The second kappa shape index (κ2) is 23.5. The third-order valence-electron chi connectivity index (χ3n) is 9.38. The maximum atomic E-state index is 14.6. The quantitative estimate of drug-likeness (QED) is 0.0463. The first kappa shape index (κ1) is 48.2. The molecule has 0 unspecified atom stereocenters. The van der Waals surface area contributed by atoms with Gasteiger partial charge in [0.25, 0.3) is 0 Å². The number of nitrogens with one attached hydrogen (secondary N) is 6. The predicted molar refractivity (Wildman–Crippen MR) is 227 cm³/mol. The number of guanidine groups is 1. The zero-order valence-corrected chi connectivity index (χ0v) is 35.4. The third-order valence-corrected chi connectivity index (χ3v) is 9.38. The minimum atomic E-state index is -1.20. The number of hydrogen-bond donors (Lipinski definition) is 8. The number of phenols is 1. The summed E-state index contributed by atoms with van der Waals surface area (Å²) in [4.78, 5) is 69.4. The van der Waals surface area contributed by atoms with Gasteiger partial charge in [0.1, 0.15) is 40.8 Å². The van der Waals surface area contributed by atoms with Crippen LogP contribution in [-0.4, -0.2) is 90.2 Å². The number of alkyl carbamates (subject to hydrolysis) is 1. The van der Waals surface area contributed by atoms with E-state index in [1.807, 2.05) is 29.2 Å². The highest BCUT2D eigenvalue weighted by Gasteiger charge is 2.35. The van der Waals surface area contributed by atoms with Crippen LogP contribution < -0.4 is 42.4 Å². The van der Waals surface area contributed by atoms with Crippen LogP contribution in [0.2, 0.25) is 0 Å². The molecular formula is C43H57F2N9O8. The van der Waals surface area contributed by atoms with Crippen LogP contribution in [0.25, 0.3) is 0 Å². The number of benzene rings is 3. The minimum Gasteiger partial charge on any atom is -0.508 e. The van der Waals surface area contributed by atoms with Crippen LogP contribution in [0.15, 0.2) is 65.7 Å². The lowest BCUT2D eigenvalue weighted by Crippen LogP contribution is -2.50. The third kappa shape index (κ3) is 15.5. The van der Waals surface area contributed by atoms with E-state index in [0.717, 1.165) is 23.3 Å². The van der Waals surface area contributed by atoms with Crippen LogP contribution in [0.3, 0.4) is 0 Å². The Balaban J connectivity index is 1.45. The average Bonchev–Trinajstić information content (AvgIpc) is 3.64. The van der Waals surface area contributed by atoms with Gasteiger partial charge in [-0.15, -0.1) is 0 Å². The molecule has 2 atom stereocenters. The number of nitrogens with two attached hydrogens (primary N) is 1. The van der Waals surface area contributed by atoms with E-state index in [-0.39, 0.29) is 44.3 Å². The Morgan fingerprint density at radius 2 is 1.55 bits per heavy atom. The molecule has 19 heteroatoms. The number of rotatable bonds is 20. The molecule has 4 rings (SSSR count).